The van der Waals surface area contributed by atoms with Crippen LogP contribution in [0.2, 0.25) is 0 Å². The molecule has 3 atom stereocenters. The standard InChI is InChI=1S/C40H62F2N8O5/c1-26(2)22-39(41,42)36(53)40(23-29-16-10-9-11-17-29,47-34(51)32(27(3)4)45-37(54)49(7)24-30-18-12-14-20-43-30)48-35(52)33(28(5)6)46-38(55)50(8)25-31-19-13-15-21-44-31/h12-15,18-21,26-29,32-33,36,53H,9-11,16-17,22-25H2,1-8H3,(H,45,54)(H,46,55)(H,47,51)(H,48,52)/t32-,33-,36+/m0/s1. The molecule has 6 amide bonds. The van der Waals surface area contributed by atoms with Crippen LogP contribution >= 0.6 is 0 Å². The summed E-state index contributed by atoms with van der Waals surface area (Å²) in [6.45, 7) is 10.2. The summed E-state index contributed by atoms with van der Waals surface area (Å²) in [7, 11) is 3.08. The Morgan fingerprint density at radius 3 is 1.56 bits per heavy atom. The average Bonchev–Trinajstić information content (AvgIpc) is 3.12. The number of hydrogen-bond acceptors (Lipinski definition) is 7. The zero-order valence-electron chi connectivity index (χ0n) is 33.6. The van der Waals surface area contributed by atoms with Gasteiger partial charge in [0, 0.05) is 32.9 Å². The van der Waals surface area contributed by atoms with Crippen molar-refractivity contribution in [3.05, 3.63) is 60.2 Å². The van der Waals surface area contributed by atoms with Gasteiger partial charge in [-0.15, -0.1) is 0 Å². The number of aromatic nitrogens is 2. The van der Waals surface area contributed by atoms with Crippen LogP contribution in [-0.4, -0.2) is 92.6 Å². The number of hydrogen-bond donors (Lipinski definition) is 5. The molecule has 0 aliphatic heterocycles. The first kappa shape index (κ1) is 45.0. The van der Waals surface area contributed by atoms with Crippen molar-refractivity contribution < 1.29 is 33.1 Å². The van der Waals surface area contributed by atoms with Gasteiger partial charge in [-0.2, -0.15) is 0 Å². The summed E-state index contributed by atoms with van der Waals surface area (Å²) in [5, 5.41) is 22.7. The van der Waals surface area contributed by atoms with Crippen LogP contribution in [0.5, 0.6) is 0 Å². The minimum absolute atomic E-state index is 0.139. The fourth-order valence-electron chi connectivity index (χ4n) is 7.01. The molecule has 1 saturated carbocycles. The lowest BCUT2D eigenvalue weighted by Gasteiger charge is -2.46. The molecule has 2 aromatic rings. The molecule has 1 aliphatic carbocycles. The molecule has 2 aromatic heterocycles. The van der Waals surface area contributed by atoms with Crippen molar-refractivity contribution in [1.29, 1.82) is 0 Å². The molecule has 55 heavy (non-hydrogen) atoms. The number of pyridine rings is 2. The fourth-order valence-corrected chi connectivity index (χ4v) is 7.01. The Labute approximate surface area is 324 Å². The molecule has 0 unspecified atom stereocenters. The third-order valence-corrected chi connectivity index (χ3v) is 9.98. The maximum absolute atomic E-state index is 16.3. The number of aliphatic hydroxyl groups excluding tert-OH is 1. The van der Waals surface area contributed by atoms with E-state index in [1.54, 1.807) is 90.3 Å². The minimum Gasteiger partial charge on any atom is -0.382 e. The molecule has 1 aliphatic rings. The third-order valence-electron chi connectivity index (χ3n) is 9.98. The van der Waals surface area contributed by atoms with Crippen molar-refractivity contribution in [2.24, 2.45) is 23.7 Å². The van der Waals surface area contributed by atoms with E-state index in [-0.39, 0.29) is 25.4 Å². The highest BCUT2D eigenvalue weighted by atomic mass is 19.3. The predicted molar refractivity (Wildman–Crippen MR) is 206 cm³/mol. The molecule has 0 radical (unpaired) electrons. The maximum Gasteiger partial charge on any atom is 0.318 e. The van der Waals surface area contributed by atoms with Crippen molar-refractivity contribution in [1.82, 2.24) is 41.0 Å². The van der Waals surface area contributed by atoms with Crippen LogP contribution in [0.15, 0.2) is 48.8 Å². The predicted octanol–water partition coefficient (Wildman–Crippen LogP) is 5.45. The molecular weight excluding hydrogens is 710 g/mol. The van der Waals surface area contributed by atoms with Gasteiger partial charge in [-0.1, -0.05) is 85.8 Å². The van der Waals surface area contributed by atoms with E-state index in [4.69, 9.17) is 0 Å². The van der Waals surface area contributed by atoms with Gasteiger partial charge in [-0.3, -0.25) is 19.6 Å². The van der Waals surface area contributed by atoms with Crippen LogP contribution < -0.4 is 21.3 Å². The lowest BCUT2D eigenvalue weighted by atomic mass is 9.78. The molecule has 306 valence electrons. The number of nitrogens with one attached hydrogen (secondary N) is 4. The van der Waals surface area contributed by atoms with Crippen molar-refractivity contribution in [2.75, 3.05) is 14.1 Å². The van der Waals surface area contributed by atoms with Crippen LogP contribution in [0.3, 0.4) is 0 Å². The van der Waals surface area contributed by atoms with Crippen molar-refractivity contribution in [3.8, 4) is 0 Å². The average molecular weight is 773 g/mol. The smallest absolute Gasteiger partial charge is 0.318 e. The Morgan fingerprint density at radius 2 is 1.20 bits per heavy atom. The Kier molecular flexibility index (Phi) is 16.8. The second-order valence-electron chi connectivity index (χ2n) is 16.1. The zero-order valence-corrected chi connectivity index (χ0v) is 33.6. The largest absolute Gasteiger partial charge is 0.382 e. The summed E-state index contributed by atoms with van der Waals surface area (Å²) in [4.78, 5) is 66.8. The molecule has 0 bridgehead atoms. The molecule has 0 saturated heterocycles. The summed E-state index contributed by atoms with van der Waals surface area (Å²) in [5.74, 6) is -7.30. The summed E-state index contributed by atoms with van der Waals surface area (Å²) >= 11 is 0. The van der Waals surface area contributed by atoms with E-state index in [2.05, 4.69) is 31.2 Å². The Balaban J connectivity index is 2.02. The first-order chi connectivity index (χ1) is 25.8. The van der Waals surface area contributed by atoms with Crippen LogP contribution in [0.25, 0.3) is 0 Å². The lowest BCUT2D eigenvalue weighted by Crippen LogP contribution is -2.75. The van der Waals surface area contributed by atoms with Crippen LogP contribution in [0.1, 0.15) is 97.9 Å². The number of nitrogens with zero attached hydrogens (tertiary/aromatic N) is 4. The number of carbonyl (C=O) groups excluding carboxylic acids is 4. The molecule has 3 rings (SSSR count). The molecule has 0 spiro atoms. The van der Waals surface area contributed by atoms with Gasteiger partial charge in [-0.25, -0.2) is 18.4 Å². The molecule has 2 heterocycles. The number of alkyl halides is 2. The lowest BCUT2D eigenvalue weighted by molar-refractivity contribution is -0.173. The van der Waals surface area contributed by atoms with E-state index in [1.807, 2.05) is 0 Å². The van der Waals surface area contributed by atoms with E-state index in [0.29, 0.717) is 24.2 Å². The number of amides is 6. The Hall–Kier alpha value is -4.40. The molecule has 13 nitrogen and oxygen atoms in total. The van der Waals surface area contributed by atoms with Gasteiger partial charge < -0.3 is 36.2 Å². The number of halogens is 2. The number of aliphatic hydroxyl groups is 1. The van der Waals surface area contributed by atoms with Crippen molar-refractivity contribution in [3.63, 3.8) is 0 Å². The molecule has 0 aromatic carbocycles. The Bertz CT molecular complexity index is 1440. The second kappa shape index (κ2) is 20.5. The second-order valence-corrected chi connectivity index (χ2v) is 16.1. The summed E-state index contributed by atoms with van der Waals surface area (Å²) in [6.07, 6.45) is 3.58. The number of urea groups is 2. The fraction of sp³-hybridized carbons (Fsp3) is 0.650. The van der Waals surface area contributed by atoms with Crippen LogP contribution in [0.4, 0.5) is 18.4 Å². The number of rotatable bonds is 18. The highest BCUT2D eigenvalue weighted by Gasteiger charge is 2.55. The van der Waals surface area contributed by atoms with E-state index < -0.39 is 77.8 Å². The molecule has 5 N–H and O–H groups in total. The van der Waals surface area contributed by atoms with Gasteiger partial charge in [0.15, 0.2) is 6.10 Å². The maximum atomic E-state index is 16.3. The summed E-state index contributed by atoms with van der Waals surface area (Å²) < 4.78 is 32.5. The van der Waals surface area contributed by atoms with Gasteiger partial charge in [0.1, 0.15) is 17.7 Å². The summed E-state index contributed by atoms with van der Waals surface area (Å²) in [6, 6.07) is 6.88. The van der Waals surface area contributed by atoms with E-state index in [0.717, 1.165) is 19.3 Å². The van der Waals surface area contributed by atoms with Gasteiger partial charge in [0.2, 0.25) is 11.8 Å². The van der Waals surface area contributed by atoms with Crippen molar-refractivity contribution >= 4 is 23.9 Å². The third kappa shape index (κ3) is 13.4. The van der Waals surface area contributed by atoms with Gasteiger partial charge >= 0.3 is 12.1 Å². The highest BCUT2D eigenvalue weighted by Crippen LogP contribution is 2.38. The quantitative estimate of drug-likeness (QED) is 0.126. The molecule has 1 fully saturated rings. The SMILES string of the molecule is CC(C)CC(F)(F)[C@@H](O)C(CC1CCCCC1)(NC(=O)[C@@H](NC(=O)N(C)Cc1ccccn1)C(C)C)NC(=O)[C@@H](NC(=O)N(C)Cc1ccccn1)C(C)C. The normalized spacial score (nSPS) is 15.6. The van der Waals surface area contributed by atoms with Gasteiger partial charge in [0.05, 0.1) is 24.5 Å². The first-order valence-corrected chi connectivity index (χ1v) is 19.4. The first-order valence-electron chi connectivity index (χ1n) is 19.4. The van der Waals surface area contributed by atoms with Crippen molar-refractivity contribution in [2.45, 2.75) is 129 Å². The van der Waals surface area contributed by atoms with Crippen LogP contribution in [0, 0.1) is 23.7 Å². The molecular formula is C40H62F2N8O5. The minimum atomic E-state index is -3.76. The van der Waals surface area contributed by atoms with Crippen LogP contribution in [-0.2, 0) is 22.7 Å². The topological polar surface area (TPSA) is 169 Å². The molecule has 15 heteroatoms. The van der Waals surface area contributed by atoms with Gasteiger partial charge in [-0.05, 0) is 54.4 Å². The number of carbonyl (C=O) groups is 4. The van der Waals surface area contributed by atoms with E-state index in [9.17, 15) is 24.3 Å². The summed E-state index contributed by atoms with van der Waals surface area (Å²) in [5.41, 5.74) is -1.15. The Morgan fingerprint density at radius 1 is 0.764 bits per heavy atom. The van der Waals surface area contributed by atoms with E-state index >= 15 is 8.78 Å². The highest BCUT2D eigenvalue weighted by molar-refractivity contribution is 5.90. The van der Waals surface area contributed by atoms with Gasteiger partial charge in [0.25, 0.3) is 5.92 Å². The zero-order chi connectivity index (χ0) is 40.9. The van der Waals surface area contributed by atoms with E-state index in [1.165, 1.54) is 23.9 Å². The monoisotopic (exact) mass is 772 g/mol.